The Labute approximate surface area is 182 Å². The zero-order valence-corrected chi connectivity index (χ0v) is 19.2. The van der Waals surface area contributed by atoms with Gasteiger partial charge in [-0.05, 0) is 46.5 Å². The lowest BCUT2D eigenvalue weighted by Crippen LogP contribution is -2.56. The molecule has 0 spiro atoms. The van der Waals surface area contributed by atoms with Gasteiger partial charge in [0.25, 0.3) is 0 Å². The van der Waals surface area contributed by atoms with Crippen LogP contribution in [-0.2, 0) is 9.47 Å². The molecule has 6 nitrogen and oxygen atoms in total. The Bertz CT molecular complexity index is 609. The molecule has 2 aliphatic rings. The van der Waals surface area contributed by atoms with Gasteiger partial charge in [0.15, 0.2) is 0 Å². The Balaban J connectivity index is 1.76. The van der Waals surface area contributed by atoms with Crippen LogP contribution in [0.2, 0.25) is 0 Å². The van der Waals surface area contributed by atoms with Gasteiger partial charge in [-0.25, -0.2) is 9.59 Å². The summed E-state index contributed by atoms with van der Waals surface area (Å²) in [6, 6.07) is -0.0948. The fraction of sp³-hybridized carbons (Fsp3) is 0.750. The Kier molecular flexibility index (Phi) is 9.73. The van der Waals surface area contributed by atoms with Gasteiger partial charge in [0, 0.05) is 19.0 Å². The molecule has 1 N–H and O–H groups in total. The maximum Gasteiger partial charge on any atom is 0.410 e. The molecule has 2 heterocycles. The molecule has 2 saturated heterocycles. The minimum Gasteiger partial charge on any atom is -0.444 e. The van der Waals surface area contributed by atoms with E-state index in [1.807, 2.05) is 20.8 Å². The van der Waals surface area contributed by atoms with Crippen LogP contribution in [0.4, 0.5) is 9.59 Å². The maximum atomic E-state index is 12.7. The third-order valence-electron chi connectivity index (χ3n) is 5.49. The molecule has 0 aromatic carbocycles. The molecular weight excluding hydrogens is 380 g/mol. The Morgan fingerprint density at radius 1 is 1.17 bits per heavy atom. The third kappa shape index (κ3) is 8.41. The van der Waals surface area contributed by atoms with Crippen LogP contribution >= 0.6 is 0 Å². The highest BCUT2D eigenvalue weighted by atomic mass is 16.6. The van der Waals surface area contributed by atoms with Crippen LogP contribution in [-0.4, -0.2) is 47.4 Å². The van der Waals surface area contributed by atoms with Gasteiger partial charge in [0.2, 0.25) is 0 Å². The number of nitrogens with one attached hydrogen (secondary N) is 1. The predicted molar refractivity (Wildman–Crippen MR) is 119 cm³/mol. The number of hydrogen-bond donors (Lipinski definition) is 1. The highest BCUT2D eigenvalue weighted by Crippen LogP contribution is 2.29. The van der Waals surface area contributed by atoms with Crippen LogP contribution in [0.5, 0.6) is 0 Å². The summed E-state index contributed by atoms with van der Waals surface area (Å²) in [4.78, 5) is 26.1. The van der Waals surface area contributed by atoms with Crippen molar-refractivity contribution in [1.29, 1.82) is 0 Å². The number of piperidine rings is 1. The molecule has 2 aliphatic heterocycles. The highest BCUT2D eigenvalue weighted by Gasteiger charge is 2.45. The minimum absolute atomic E-state index is 0.0471. The number of carbonyl (C=O) groups is 2. The SMILES string of the molecule is CCCC/C=C/C=C/CCCCC[C@@H]1C[C@H]2OC(=O)N[C@H]2CN1C(=O)OC(C)(C)C. The number of nitrogens with zero attached hydrogens (tertiary/aromatic N) is 1. The number of likely N-dealkylation sites (tertiary alicyclic amines) is 1. The van der Waals surface area contributed by atoms with Gasteiger partial charge in [-0.3, -0.25) is 0 Å². The molecule has 0 bridgehead atoms. The van der Waals surface area contributed by atoms with Crippen LogP contribution in [0.1, 0.15) is 85.5 Å². The average molecular weight is 421 g/mol. The van der Waals surface area contributed by atoms with E-state index in [9.17, 15) is 9.59 Å². The van der Waals surface area contributed by atoms with Crippen molar-refractivity contribution < 1.29 is 19.1 Å². The number of amides is 2. The first kappa shape index (κ1) is 24.3. The van der Waals surface area contributed by atoms with Crippen molar-refractivity contribution in [3.05, 3.63) is 24.3 Å². The largest absolute Gasteiger partial charge is 0.444 e. The highest BCUT2D eigenvalue weighted by molar-refractivity contribution is 5.72. The number of alkyl carbamates (subject to hydrolysis) is 1. The summed E-state index contributed by atoms with van der Waals surface area (Å²) in [5, 5.41) is 2.81. The summed E-state index contributed by atoms with van der Waals surface area (Å²) in [6.45, 7) is 8.28. The fourth-order valence-electron chi connectivity index (χ4n) is 3.94. The summed E-state index contributed by atoms with van der Waals surface area (Å²) in [5.74, 6) is 0. The van der Waals surface area contributed by atoms with E-state index in [1.54, 1.807) is 4.90 Å². The van der Waals surface area contributed by atoms with E-state index in [1.165, 1.54) is 12.8 Å². The van der Waals surface area contributed by atoms with Gasteiger partial charge in [-0.2, -0.15) is 0 Å². The number of hydrogen-bond acceptors (Lipinski definition) is 4. The average Bonchev–Trinajstić information content (AvgIpc) is 3.03. The van der Waals surface area contributed by atoms with E-state index >= 15 is 0 Å². The number of ether oxygens (including phenoxy) is 2. The van der Waals surface area contributed by atoms with Crippen molar-refractivity contribution in [2.24, 2.45) is 0 Å². The summed E-state index contributed by atoms with van der Waals surface area (Å²) in [7, 11) is 0. The molecule has 0 aromatic rings. The predicted octanol–water partition coefficient (Wildman–Crippen LogP) is 5.73. The number of allylic oxidation sites excluding steroid dienone is 4. The maximum absolute atomic E-state index is 12.7. The lowest BCUT2D eigenvalue weighted by atomic mass is 9.92. The second-order valence-electron chi connectivity index (χ2n) is 9.35. The van der Waals surface area contributed by atoms with E-state index in [0.717, 1.165) is 38.5 Å². The Hall–Kier alpha value is -1.98. The van der Waals surface area contributed by atoms with Gasteiger partial charge < -0.3 is 19.7 Å². The Morgan fingerprint density at radius 3 is 2.53 bits per heavy atom. The lowest BCUT2D eigenvalue weighted by Gasteiger charge is -2.40. The summed E-state index contributed by atoms with van der Waals surface area (Å²) >= 11 is 0. The van der Waals surface area contributed by atoms with Crippen LogP contribution in [0.15, 0.2) is 24.3 Å². The van der Waals surface area contributed by atoms with Crippen molar-refractivity contribution in [3.63, 3.8) is 0 Å². The first-order valence-corrected chi connectivity index (χ1v) is 11.6. The van der Waals surface area contributed by atoms with Gasteiger partial charge in [0.1, 0.15) is 11.7 Å². The number of carbonyl (C=O) groups excluding carboxylic acids is 2. The molecular formula is C24H40N2O4. The zero-order chi connectivity index (χ0) is 22.0. The molecule has 3 atom stereocenters. The molecule has 170 valence electrons. The standard InChI is InChI=1S/C24H40N2O4/c1-5-6-7-8-9-10-11-12-13-14-15-16-19-17-21-20(25-22(27)29-21)18-26(19)23(28)30-24(2,3)4/h8-11,19-21H,5-7,12-18H2,1-4H3,(H,25,27)/b9-8+,11-10+/t19-,20+,21-/m1/s1. The molecule has 2 fully saturated rings. The molecule has 0 unspecified atom stereocenters. The summed E-state index contributed by atoms with van der Waals surface area (Å²) < 4.78 is 11.0. The second-order valence-corrected chi connectivity index (χ2v) is 9.35. The van der Waals surface area contributed by atoms with Crippen LogP contribution in [0.3, 0.4) is 0 Å². The van der Waals surface area contributed by atoms with Gasteiger partial charge >= 0.3 is 12.2 Å². The van der Waals surface area contributed by atoms with Crippen LogP contribution < -0.4 is 5.32 Å². The molecule has 6 heteroatoms. The summed E-state index contributed by atoms with van der Waals surface area (Å²) in [6.07, 6.45) is 17.5. The number of unbranched alkanes of at least 4 members (excludes halogenated alkanes) is 5. The normalized spacial score (nSPS) is 24.2. The quantitative estimate of drug-likeness (QED) is 0.362. The molecule has 0 aliphatic carbocycles. The first-order chi connectivity index (χ1) is 14.3. The van der Waals surface area contributed by atoms with E-state index in [2.05, 4.69) is 36.5 Å². The van der Waals surface area contributed by atoms with Crippen molar-refractivity contribution in [2.45, 2.75) is 109 Å². The summed E-state index contributed by atoms with van der Waals surface area (Å²) in [5.41, 5.74) is -0.536. The fourth-order valence-corrected chi connectivity index (χ4v) is 3.94. The molecule has 0 aromatic heterocycles. The molecule has 30 heavy (non-hydrogen) atoms. The number of fused-ring (bicyclic) bond motifs is 1. The second kappa shape index (κ2) is 12.0. The smallest absolute Gasteiger partial charge is 0.410 e. The molecule has 2 amide bonds. The molecule has 2 rings (SSSR count). The van der Waals surface area contributed by atoms with E-state index in [-0.39, 0.29) is 30.4 Å². The molecule has 0 saturated carbocycles. The first-order valence-electron chi connectivity index (χ1n) is 11.6. The van der Waals surface area contributed by atoms with Crippen LogP contribution in [0.25, 0.3) is 0 Å². The Morgan fingerprint density at radius 2 is 1.87 bits per heavy atom. The van der Waals surface area contributed by atoms with Crippen molar-refractivity contribution >= 4 is 12.2 Å². The van der Waals surface area contributed by atoms with Crippen molar-refractivity contribution in [3.8, 4) is 0 Å². The zero-order valence-electron chi connectivity index (χ0n) is 19.2. The van der Waals surface area contributed by atoms with Gasteiger partial charge in [-0.1, -0.05) is 56.9 Å². The van der Waals surface area contributed by atoms with E-state index in [4.69, 9.17) is 9.47 Å². The topological polar surface area (TPSA) is 67.9 Å². The monoisotopic (exact) mass is 420 g/mol. The molecule has 0 radical (unpaired) electrons. The number of rotatable bonds is 10. The van der Waals surface area contributed by atoms with Crippen molar-refractivity contribution in [1.82, 2.24) is 10.2 Å². The van der Waals surface area contributed by atoms with Gasteiger partial charge in [-0.15, -0.1) is 0 Å². The van der Waals surface area contributed by atoms with E-state index in [0.29, 0.717) is 13.0 Å². The van der Waals surface area contributed by atoms with Gasteiger partial charge in [0.05, 0.1) is 6.04 Å². The van der Waals surface area contributed by atoms with Crippen LogP contribution in [0, 0.1) is 0 Å². The van der Waals surface area contributed by atoms with E-state index < -0.39 is 5.60 Å². The van der Waals surface area contributed by atoms with Crippen molar-refractivity contribution in [2.75, 3.05) is 6.54 Å². The third-order valence-corrected chi connectivity index (χ3v) is 5.49. The minimum atomic E-state index is -0.536. The lowest BCUT2D eigenvalue weighted by molar-refractivity contribution is -0.00868.